The maximum absolute atomic E-state index is 13.0. The molecule has 2 aliphatic rings. The van der Waals surface area contributed by atoms with E-state index in [-0.39, 0.29) is 37.4 Å². The largest absolute Gasteiger partial charge is 0.457 e. The minimum Gasteiger partial charge on any atom is -0.457 e. The number of hydrogen-bond acceptors (Lipinski definition) is 10. The van der Waals surface area contributed by atoms with E-state index in [0.29, 0.717) is 44.6 Å². The van der Waals surface area contributed by atoms with Crippen LogP contribution in [0.3, 0.4) is 0 Å². The van der Waals surface area contributed by atoms with Crippen molar-refractivity contribution in [3.63, 3.8) is 0 Å². The molecule has 258 valence electrons. The number of hydrogen-bond donors (Lipinski definition) is 4. The summed E-state index contributed by atoms with van der Waals surface area (Å²) in [6, 6.07) is 0. The maximum atomic E-state index is 13.0. The number of aliphatic hydroxyl groups excluding tert-OH is 2. The maximum Gasteiger partial charge on any atom is 0.410 e. The fraction of sp³-hybridized carbons (Fsp3) is 0.758. The van der Waals surface area contributed by atoms with Crippen molar-refractivity contribution in [3.05, 3.63) is 36.0 Å². The predicted octanol–water partition coefficient (Wildman–Crippen LogP) is 4.07. The van der Waals surface area contributed by atoms with Crippen LogP contribution < -0.4 is 0 Å². The zero-order valence-electron chi connectivity index (χ0n) is 27.9. The van der Waals surface area contributed by atoms with E-state index in [4.69, 9.17) is 14.2 Å². The lowest BCUT2D eigenvalue weighted by molar-refractivity contribution is -0.151. The summed E-state index contributed by atoms with van der Waals surface area (Å²) in [5.41, 5.74) is -1.99. The van der Waals surface area contributed by atoms with Gasteiger partial charge in [-0.3, -0.25) is 4.79 Å². The summed E-state index contributed by atoms with van der Waals surface area (Å²) in [4.78, 5) is 27.4. The van der Waals surface area contributed by atoms with Gasteiger partial charge < -0.3 is 39.5 Å². The molecule has 45 heavy (non-hydrogen) atoms. The molecule has 0 saturated carbocycles. The molecule has 0 bridgehead atoms. The van der Waals surface area contributed by atoms with Crippen LogP contribution in [0.5, 0.6) is 0 Å². The Balaban J connectivity index is 2.23. The van der Waals surface area contributed by atoms with Gasteiger partial charge in [0.25, 0.3) is 0 Å². The Morgan fingerprint density at radius 1 is 1.27 bits per heavy atom. The van der Waals surface area contributed by atoms with Gasteiger partial charge in [0, 0.05) is 61.4 Å². The van der Waals surface area contributed by atoms with Gasteiger partial charge >= 0.3 is 12.1 Å². The Bertz CT molecular complexity index is 1040. The van der Waals surface area contributed by atoms with Gasteiger partial charge in [0.05, 0.1) is 36.4 Å². The number of cyclic esters (lactones) is 1. The van der Waals surface area contributed by atoms with Gasteiger partial charge in [0.1, 0.15) is 11.7 Å². The van der Waals surface area contributed by atoms with E-state index in [1.54, 1.807) is 56.1 Å². The molecule has 2 rings (SSSR count). The first kappa shape index (κ1) is 39.6. The Kier molecular flexibility index (Phi) is 16.0. The highest BCUT2D eigenvalue weighted by Crippen LogP contribution is 2.28. The quantitative estimate of drug-likeness (QED) is 0.0847. The highest BCUT2D eigenvalue weighted by molar-refractivity contribution is 14.1. The third kappa shape index (κ3) is 13.6. The highest BCUT2D eigenvalue weighted by atomic mass is 127. The Morgan fingerprint density at radius 2 is 1.91 bits per heavy atom. The van der Waals surface area contributed by atoms with E-state index in [1.807, 2.05) is 27.7 Å². The van der Waals surface area contributed by atoms with Crippen LogP contribution in [-0.4, -0.2) is 115 Å². The minimum atomic E-state index is -1.48. The number of esters is 1. The lowest BCUT2D eigenvalue weighted by atomic mass is 9.88. The first-order valence-electron chi connectivity index (χ1n) is 16.0. The molecule has 2 heterocycles. The second kappa shape index (κ2) is 18.1. The monoisotopic (exact) mass is 750 g/mol. The van der Waals surface area contributed by atoms with Gasteiger partial charge in [-0.15, -0.1) is 0 Å². The SMILES string of the molecule is CC[C@H](O)C(C)O[C@@H](C)C[C@@](C)(O)/C=C/C=C(\C)[C@H]1OC(=O)C[C@H](O)CC[C@@](C)(O)[C@@H](OC(=O)N2CCN(I)CC2)/C=C/[C@@H]1C. The molecule has 1 saturated heterocycles. The van der Waals surface area contributed by atoms with Crippen molar-refractivity contribution in [2.24, 2.45) is 5.92 Å². The van der Waals surface area contributed by atoms with Gasteiger partial charge in [-0.05, 0) is 65.5 Å². The summed E-state index contributed by atoms with van der Waals surface area (Å²) in [6.45, 7) is 14.9. The van der Waals surface area contributed by atoms with Gasteiger partial charge in [-0.2, -0.15) is 0 Å². The molecule has 1 amide bonds. The molecular weight excluding hydrogens is 695 g/mol. The Morgan fingerprint density at radius 3 is 2.53 bits per heavy atom. The first-order chi connectivity index (χ1) is 20.9. The second-order valence-corrected chi connectivity index (χ2v) is 14.4. The number of nitrogens with zero attached hydrogens (tertiary/aromatic N) is 2. The van der Waals surface area contributed by atoms with Crippen molar-refractivity contribution in [3.8, 4) is 0 Å². The third-order valence-corrected chi connectivity index (χ3v) is 9.37. The third-order valence-electron chi connectivity index (χ3n) is 8.41. The van der Waals surface area contributed by atoms with Gasteiger partial charge in [0.2, 0.25) is 0 Å². The van der Waals surface area contributed by atoms with Crippen molar-refractivity contribution < 1.29 is 44.2 Å². The van der Waals surface area contributed by atoms with E-state index < -0.39 is 47.7 Å². The van der Waals surface area contributed by atoms with Gasteiger partial charge in [0.15, 0.2) is 6.10 Å². The fourth-order valence-corrected chi connectivity index (χ4v) is 5.92. The van der Waals surface area contributed by atoms with E-state index in [9.17, 15) is 30.0 Å². The molecule has 9 atom stereocenters. The Labute approximate surface area is 282 Å². The molecule has 2 aliphatic heterocycles. The van der Waals surface area contributed by atoms with E-state index in [2.05, 4.69) is 26.0 Å². The number of piperazine rings is 1. The molecule has 0 aromatic heterocycles. The van der Waals surface area contributed by atoms with E-state index in [0.717, 1.165) is 0 Å². The zero-order valence-corrected chi connectivity index (χ0v) is 30.1. The summed E-state index contributed by atoms with van der Waals surface area (Å²) in [5.74, 6) is -0.946. The van der Waals surface area contributed by atoms with Crippen molar-refractivity contribution in [1.82, 2.24) is 8.01 Å². The average molecular weight is 751 g/mol. The van der Waals surface area contributed by atoms with Crippen LogP contribution in [0, 0.1) is 5.92 Å². The fourth-order valence-electron chi connectivity index (χ4n) is 5.49. The molecule has 0 aromatic rings. The van der Waals surface area contributed by atoms with Crippen LogP contribution in [0.15, 0.2) is 36.0 Å². The number of amides is 1. The molecule has 0 aliphatic carbocycles. The van der Waals surface area contributed by atoms with Crippen molar-refractivity contribution in [2.45, 2.75) is 128 Å². The van der Waals surface area contributed by atoms with Crippen molar-refractivity contribution in [1.29, 1.82) is 0 Å². The van der Waals surface area contributed by atoms with Crippen LogP contribution >= 0.6 is 22.9 Å². The number of allylic oxidation sites excluding steroid dienone is 2. The van der Waals surface area contributed by atoms with Crippen LogP contribution in [0.4, 0.5) is 4.79 Å². The smallest absolute Gasteiger partial charge is 0.410 e. The summed E-state index contributed by atoms with van der Waals surface area (Å²) < 4.78 is 19.6. The molecule has 0 spiro atoms. The number of aliphatic hydroxyl groups is 4. The van der Waals surface area contributed by atoms with Crippen LogP contribution in [0.2, 0.25) is 0 Å². The average Bonchev–Trinajstić information content (AvgIpc) is 2.95. The zero-order chi connectivity index (χ0) is 33.9. The van der Waals surface area contributed by atoms with Crippen LogP contribution in [0.1, 0.15) is 80.6 Å². The molecule has 12 heteroatoms. The Hall–Kier alpha value is -1.55. The molecule has 4 N–H and O–H groups in total. The lowest BCUT2D eigenvalue weighted by Gasteiger charge is -2.36. The van der Waals surface area contributed by atoms with Crippen molar-refractivity contribution in [2.75, 3.05) is 26.2 Å². The highest BCUT2D eigenvalue weighted by Gasteiger charge is 2.37. The summed E-state index contributed by atoms with van der Waals surface area (Å²) >= 11 is 2.22. The number of carbonyl (C=O) groups is 2. The molecule has 1 fully saturated rings. The van der Waals surface area contributed by atoms with E-state index >= 15 is 0 Å². The first-order valence-corrected chi connectivity index (χ1v) is 17.0. The summed E-state index contributed by atoms with van der Waals surface area (Å²) in [5, 5.41) is 42.8. The number of halogens is 1. The van der Waals surface area contributed by atoms with Crippen molar-refractivity contribution >= 4 is 34.9 Å². The minimum absolute atomic E-state index is 0.106. The summed E-state index contributed by atoms with van der Waals surface area (Å²) in [7, 11) is 0. The molecule has 11 nitrogen and oxygen atoms in total. The molecular formula is C33H55IN2O9. The number of rotatable bonds is 10. The lowest BCUT2D eigenvalue weighted by Crippen LogP contribution is -2.49. The topological polar surface area (TPSA) is 149 Å². The summed E-state index contributed by atoms with van der Waals surface area (Å²) in [6.07, 6.45) is 4.89. The molecule has 1 unspecified atom stereocenters. The normalized spacial score (nSPS) is 32.0. The van der Waals surface area contributed by atoms with Crippen LogP contribution in [0.25, 0.3) is 0 Å². The number of ether oxygens (including phenoxy) is 3. The van der Waals surface area contributed by atoms with Crippen LogP contribution in [-0.2, 0) is 19.0 Å². The van der Waals surface area contributed by atoms with E-state index in [1.165, 1.54) is 0 Å². The predicted molar refractivity (Wildman–Crippen MR) is 181 cm³/mol. The molecule has 0 radical (unpaired) electrons. The van der Waals surface area contributed by atoms with Gasteiger partial charge in [-0.1, -0.05) is 38.2 Å². The number of carbonyl (C=O) groups excluding carboxylic acids is 2. The molecule has 0 aromatic carbocycles. The standard InChI is InChI=1S/C33H55IN2O9/c1-8-27(38)25(5)43-24(4)21-32(6,41)14-9-10-22(2)30-23(3)11-12-28(44-31(40)35-16-18-36(34)19-17-35)33(7,42)15-13-26(37)20-29(39)45-30/h9-12,14,23-28,30,37-38,41-42H,8,13,15-21H2,1-7H3/b12-11+,14-9+,22-10+/t23-,24-,25?,26+,27-,28-,30+,32-,33+/m0/s1. The van der Waals surface area contributed by atoms with Gasteiger partial charge in [-0.25, -0.2) is 7.91 Å². The second-order valence-electron chi connectivity index (χ2n) is 13.1.